The van der Waals surface area contributed by atoms with Crippen LogP contribution in [0.2, 0.25) is 0 Å². The summed E-state index contributed by atoms with van der Waals surface area (Å²) in [4.78, 5) is 14.3. The summed E-state index contributed by atoms with van der Waals surface area (Å²) in [7, 11) is 0. The van der Waals surface area contributed by atoms with Gasteiger partial charge in [0.1, 0.15) is 0 Å². The quantitative estimate of drug-likeness (QED) is 0.812. The zero-order valence-electron chi connectivity index (χ0n) is 8.23. The van der Waals surface area contributed by atoms with E-state index in [1.54, 1.807) is 0 Å². The Morgan fingerprint density at radius 3 is 2.87 bits per heavy atom. The van der Waals surface area contributed by atoms with Gasteiger partial charge in [-0.2, -0.15) is 0 Å². The molecule has 1 rings (SSSR count). The van der Waals surface area contributed by atoms with Gasteiger partial charge in [0, 0.05) is 18.3 Å². The molecule has 0 aliphatic carbocycles. The molecule has 0 spiro atoms. The van der Waals surface area contributed by atoms with Gasteiger partial charge in [-0.05, 0) is 0 Å². The number of aromatic nitrogens is 2. The van der Waals surface area contributed by atoms with Crippen LogP contribution in [0.1, 0.15) is 12.6 Å². The first-order valence-electron chi connectivity index (χ1n) is 4.50. The molecule has 0 saturated heterocycles. The van der Waals surface area contributed by atoms with E-state index >= 15 is 0 Å². The van der Waals surface area contributed by atoms with Crippen LogP contribution in [-0.4, -0.2) is 27.1 Å². The number of imidazole rings is 1. The van der Waals surface area contributed by atoms with E-state index in [-0.39, 0.29) is 6.42 Å². The van der Waals surface area contributed by atoms with E-state index in [0.717, 1.165) is 0 Å². The molecule has 0 radical (unpaired) electrons. The molecule has 1 aromatic rings. The largest absolute Gasteiger partial charge is 0.481 e. The highest BCUT2D eigenvalue weighted by Gasteiger charge is 2.15. The SMILES string of the molecule is CC(Cc1cncn1CC(F)F)C(=O)O. The molecule has 15 heavy (non-hydrogen) atoms. The minimum absolute atomic E-state index is 0.210. The molecule has 1 unspecified atom stereocenters. The van der Waals surface area contributed by atoms with E-state index in [4.69, 9.17) is 5.11 Å². The van der Waals surface area contributed by atoms with Gasteiger partial charge < -0.3 is 9.67 Å². The van der Waals surface area contributed by atoms with E-state index in [9.17, 15) is 13.6 Å². The normalized spacial score (nSPS) is 13.1. The van der Waals surface area contributed by atoms with E-state index in [2.05, 4.69) is 4.98 Å². The van der Waals surface area contributed by atoms with Crippen molar-refractivity contribution in [2.24, 2.45) is 5.92 Å². The van der Waals surface area contributed by atoms with Gasteiger partial charge in [0.15, 0.2) is 0 Å². The number of carboxylic acids is 1. The Hall–Kier alpha value is -1.46. The maximum absolute atomic E-state index is 12.1. The van der Waals surface area contributed by atoms with E-state index in [1.807, 2.05) is 0 Å². The Morgan fingerprint density at radius 1 is 1.67 bits per heavy atom. The zero-order chi connectivity index (χ0) is 11.4. The average molecular weight is 218 g/mol. The van der Waals surface area contributed by atoms with Crippen molar-refractivity contribution >= 4 is 5.97 Å². The van der Waals surface area contributed by atoms with Crippen molar-refractivity contribution in [3.05, 3.63) is 18.2 Å². The number of carbonyl (C=O) groups is 1. The lowest BCUT2D eigenvalue weighted by Gasteiger charge is -2.09. The molecule has 0 bridgehead atoms. The molecule has 0 aromatic carbocycles. The smallest absolute Gasteiger partial charge is 0.306 e. The lowest BCUT2D eigenvalue weighted by Crippen LogP contribution is -2.16. The highest BCUT2D eigenvalue weighted by molar-refractivity contribution is 5.69. The molecule has 0 aliphatic heterocycles. The summed E-state index contributed by atoms with van der Waals surface area (Å²) in [6, 6.07) is 0. The molecule has 4 nitrogen and oxygen atoms in total. The molecule has 0 amide bonds. The van der Waals surface area contributed by atoms with Crippen LogP contribution >= 0.6 is 0 Å². The molecule has 1 N–H and O–H groups in total. The van der Waals surface area contributed by atoms with Crippen molar-refractivity contribution < 1.29 is 18.7 Å². The summed E-state index contributed by atoms with van der Waals surface area (Å²) in [6.45, 7) is 1.09. The van der Waals surface area contributed by atoms with E-state index in [1.165, 1.54) is 24.0 Å². The number of nitrogens with zero attached hydrogens (tertiary/aromatic N) is 2. The van der Waals surface area contributed by atoms with Crippen LogP contribution in [0, 0.1) is 5.92 Å². The predicted molar refractivity (Wildman–Crippen MR) is 48.7 cm³/mol. The van der Waals surface area contributed by atoms with Crippen molar-refractivity contribution in [2.75, 3.05) is 0 Å². The molecule has 1 aromatic heterocycles. The first-order valence-corrected chi connectivity index (χ1v) is 4.50. The molecule has 84 valence electrons. The predicted octanol–water partition coefficient (Wildman–Crippen LogP) is 1.41. The van der Waals surface area contributed by atoms with Crippen LogP contribution in [0.15, 0.2) is 12.5 Å². The summed E-state index contributed by atoms with van der Waals surface area (Å²) in [5.41, 5.74) is 0.519. The molecular formula is C9H12F2N2O2. The van der Waals surface area contributed by atoms with Crippen molar-refractivity contribution in [1.29, 1.82) is 0 Å². The zero-order valence-corrected chi connectivity index (χ0v) is 8.23. The van der Waals surface area contributed by atoms with Crippen LogP contribution in [0.25, 0.3) is 0 Å². The highest BCUT2D eigenvalue weighted by atomic mass is 19.3. The number of rotatable bonds is 5. The minimum Gasteiger partial charge on any atom is -0.481 e. The van der Waals surface area contributed by atoms with Gasteiger partial charge in [0.2, 0.25) is 0 Å². The summed E-state index contributed by atoms with van der Waals surface area (Å²) in [5.74, 6) is -1.54. The summed E-state index contributed by atoms with van der Waals surface area (Å²) < 4.78 is 25.5. The number of carboxylic acid groups (broad SMARTS) is 1. The van der Waals surface area contributed by atoms with Crippen LogP contribution in [0.4, 0.5) is 8.78 Å². The van der Waals surface area contributed by atoms with E-state index < -0.39 is 24.9 Å². The van der Waals surface area contributed by atoms with Crippen molar-refractivity contribution in [3.63, 3.8) is 0 Å². The molecule has 0 saturated carbocycles. The fourth-order valence-electron chi connectivity index (χ4n) is 1.23. The lowest BCUT2D eigenvalue weighted by molar-refractivity contribution is -0.141. The van der Waals surface area contributed by atoms with Crippen molar-refractivity contribution in [1.82, 2.24) is 9.55 Å². The number of halogens is 2. The standard InChI is InChI=1S/C9H12F2N2O2/c1-6(9(14)15)2-7-3-12-5-13(7)4-8(10)11/h3,5-6,8H,2,4H2,1H3,(H,14,15). The third-order valence-corrected chi connectivity index (χ3v) is 2.07. The van der Waals surface area contributed by atoms with Crippen molar-refractivity contribution in [3.8, 4) is 0 Å². The molecule has 0 fully saturated rings. The number of alkyl halides is 2. The topological polar surface area (TPSA) is 55.1 Å². The second-order valence-electron chi connectivity index (χ2n) is 3.37. The monoisotopic (exact) mass is 218 g/mol. The molecule has 0 aliphatic rings. The maximum atomic E-state index is 12.1. The summed E-state index contributed by atoms with van der Waals surface area (Å²) >= 11 is 0. The summed E-state index contributed by atoms with van der Waals surface area (Å²) in [5, 5.41) is 8.68. The number of hydrogen-bond donors (Lipinski definition) is 1. The second-order valence-corrected chi connectivity index (χ2v) is 3.37. The lowest BCUT2D eigenvalue weighted by atomic mass is 10.1. The molecule has 1 heterocycles. The molecule has 6 heteroatoms. The first-order chi connectivity index (χ1) is 7.00. The van der Waals surface area contributed by atoms with Gasteiger partial charge in [-0.1, -0.05) is 6.92 Å². The number of hydrogen-bond acceptors (Lipinski definition) is 2. The Balaban J connectivity index is 2.68. The average Bonchev–Trinajstić information content (AvgIpc) is 2.51. The van der Waals surface area contributed by atoms with Gasteiger partial charge in [0.05, 0.1) is 18.8 Å². The minimum atomic E-state index is -2.46. The first kappa shape index (κ1) is 11.6. The van der Waals surface area contributed by atoms with Crippen LogP contribution < -0.4 is 0 Å². The third kappa shape index (κ3) is 3.30. The Bertz CT molecular complexity index is 339. The van der Waals surface area contributed by atoms with Crippen molar-refractivity contribution in [2.45, 2.75) is 26.3 Å². The van der Waals surface area contributed by atoms with Crippen LogP contribution in [0.5, 0.6) is 0 Å². The number of aliphatic carboxylic acids is 1. The fourth-order valence-corrected chi connectivity index (χ4v) is 1.23. The van der Waals surface area contributed by atoms with E-state index in [0.29, 0.717) is 5.69 Å². The van der Waals surface area contributed by atoms with Gasteiger partial charge >= 0.3 is 5.97 Å². The van der Waals surface area contributed by atoms with Gasteiger partial charge in [-0.15, -0.1) is 0 Å². The third-order valence-electron chi connectivity index (χ3n) is 2.07. The van der Waals surface area contributed by atoms with Gasteiger partial charge in [0.25, 0.3) is 6.43 Å². The Kier molecular flexibility index (Phi) is 3.76. The van der Waals surface area contributed by atoms with Gasteiger partial charge in [-0.25, -0.2) is 13.8 Å². The second kappa shape index (κ2) is 4.86. The molecular weight excluding hydrogens is 206 g/mol. The highest BCUT2D eigenvalue weighted by Crippen LogP contribution is 2.10. The Morgan fingerprint density at radius 2 is 2.33 bits per heavy atom. The fraction of sp³-hybridized carbons (Fsp3) is 0.556. The Labute approximate surface area is 85.5 Å². The van der Waals surface area contributed by atoms with Gasteiger partial charge in [-0.3, -0.25) is 4.79 Å². The molecule has 1 atom stereocenters. The van der Waals surface area contributed by atoms with Crippen LogP contribution in [-0.2, 0) is 17.8 Å². The summed E-state index contributed by atoms with van der Waals surface area (Å²) in [6.07, 6.45) is 0.456. The van der Waals surface area contributed by atoms with Crippen LogP contribution in [0.3, 0.4) is 0 Å². The maximum Gasteiger partial charge on any atom is 0.306 e.